The van der Waals surface area contributed by atoms with Crippen LogP contribution in [-0.2, 0) is 4.74 Å². The minimum absolute atomic E-state index is 0.0803. The number of carbonyl (C=O) groups is 1. The predicted molar refractivity (Wildman–Crippen MR) is 59.5 cm³/mol. The van der Waals surface area contributed by atoms with Gasteiger partial charge in [-0.25, -0.2) is 4.79 Å². The van der Waals surface area contributed by atoms with E-state index in [1.165, 1.54) is 4.90 Å². The second-order valence-corrected chi connectivity index (χ2v) is 4.60. The van der Waals surface area contributed by atoms with E-state index in [0.717, 1.165) is 5.57 Å². The summed E-state index contributed by atoms with van der Waals surface area (Å²) in [6.07, 6.45) is 1.24. The summed E-state index contributed by atoms with van der Waals surface area (Å²) in [4.78, 5) is 13.0. The summed E-state index contributed by atoms with van der Waals surface area (Å²) in [5.74, 6) is 0. The summed E-state index contributed by atoms with van der Waals surface area (Å²) in [6.45, 7) is 9.37. The Balaban J connectivity index is 4.50. The van der Waals surface area contributed by atoms with E-state index in [9.17, 15) is 4.79 Å². The third kappa shape index (κ3) is 6.96. The first-order chi connectivity index (χ1) is 6.76. The molecule has 0 aromatic heterocycles. The van der Waals surface area contributed by atoms with Crippen LogP contribution in [0.25, 0.3) is 0 Å². The average molecular weight is 215 g/mol. The molecule has 4 nitrogen and oxygen atoms in total. The fourth-order valence-electron chi connectivity index (χ4n) is 0.949. The molecule has 0 atom stereocenters. The van der Waals surface area contributed by atoms with Crippen LogP contribution < -0.4 is 0 Å². The third-order valence-electron chi connectivity index (χ3n) is 1.38. The molecule has 0 aliphatic heterocycles. The van der Waals surface area contributed by atoms with Crippen molar-refractivity contribution in [1.29, 1.82) is 0 Å². The highest BCUT2D eigenvalue weighted by Crippen LogP contribution is 2.10. The summed E-state index contributed by atoms with van der Waals surface area (Å²) >= 11 is 0. The molecule has 0 heterocycles. The Morgan fingerprint density at radius 1 is 1.40 bits per heavy atom. The molecular formula is C11H21NO3. The van der Waals surface area contributed by atoms with Gasteiger partial charge in [0.15, 0.2) is 0 Å². The molecule has 0 aliphatic rings. The summed E-state index contributed by atoms with van der Waals surface area (Å²) < 4.78 is 5.18. The van der Waals surface area contributed by atoms with Crippen LogP contribution in [0, 0.1) is 0 Å². The second kappa shape index (κ2) is 5.75. The molecule has 0 aromatic rings. The van der Waals surface area contributed by atoms with E-state index in [0.29, 0.717) is 0 Å². The van der Waals surface area contributed by atoms with Crippen molar-refractivity contribution in [3.63, 3.8) is 0 Å². The zero-order valence-electron chi connectivity index (χ0n) is 10.2. The molecule has 88 valence electrons. The lowest BCUT2D eigenvalue weighted by Gasteiger charge is -2.25. The Kier molecular flexibility index (Phi) is 5.36. The van der Waals surface area contributed by atoms with Crippen LogP contribution in [0.4, 0.5) is 4.79 Å². The van der Waals surface area contributed by atoms with Crippen LogP contribution in [-0.4, -0.2) is 34.9 Å². The molecule has 0 saturated carbocycles. The molecule has 4 heteroatoms. The lowest BCUT2D eigenvalue weighted by atomic mass is 10.2. The van der Waals surface area contributed by atoms with Crippen LogP contribution >= 0.6 is 0 Å². The minimum atomic E-state index is -0.514. The minimum Gasteiger partial charge on any atom is -0.443 e. The third-order valence-corrected chi connectivity index (χ3v) is 1.38. The SMILES string of the molecule is CC(C)=CN(CCO)C(=O)OC(C)(C)C. The van der Waals surface area contributed by atoms with Crippen LogP contribution in [0.5, 0.6) is 0 Å². The van der Waals surface area contributed by atoms with Gasteiger partial charge in [-0.2, -0.15) is 0 Å². The highest BCUT2D eigenvalue weighted by atomic mass is 16.6. The van der Waals surface area contributed by atoms with Gasteiger partial charge in [0, 0.05) is 6.20 Å². The zero-order valence-corrected chi connectivity index (χ0v) is 10.2. The number of aliphatic hydroxyl groups is 1. The second-order valence-electron chi connectivity index (χ2n) is 4.60. The molecule has 0 radical (unpaired) electrons. The molecule has 0 aliphatic carbocycles. The quantitative estimate of drug-likeness (QED) is 0.784. The van der Waals surface area contributed by atoms with Crippen molar-refractivity contribution >= 4 is 6.09 Å². The van der Waals surface area contributed by atoms with Gasteiger partial charge in [-0.15, -0.1) is 0 Å². The van der Waals surface area contributed by atoms with Crippen LogP contribution in [0.1, 0.15) is 34.6 Å². The van der Waals surface area contributed by atoms with E-state index in [-0.39, 0.29) is 13.2 Å². The summed E-state index contributed by atoms with van der Waals surface area (Å²) in [7, 11) is 0. The fraction of sp³-hybridized carbons (Fsp3) is 0.727. The van der Waals surface area contributed by atoms with Gasteiger partial charge < -0.3 is 9.84 Å². The molecule has 1 amide bonds. The fourth-order valence-corrected chi connectivity index (χ4v) is 0.949. The van der Waals surface area contributed by atoms with E-state index in [4.69, 9.17) is 9.84 Å². The molecule has 0 aromatic carbocycles. The van der Waals surface area contributed by atoms with Gasteiger partial charge in [0.1, 0.15) is 5.60 Å². The first kappa shape index (κ1) is 14.0. The lowest BCUT2D eigenvalue weighted by Crippen LogP contribution is -2.35. The number of hydrogen-bond acceptors (Lipinski definition) is 3. The maximum Gasteiger partial charge on any atom is 0.414 e. The van der Waals surface area contributed by atoms with E-state index in [1.54, 1.807) is 6.20 Å². The van der Waals surface area contributed by atoms with Gasteiger partial charge in [-0.1, -0.05) is 5.57 Å². The number of rotatable bonds is 3. The zero-order chi connectivity index (χ0) is 12.1. The number of aliphatic hydroxyl groups excluding tert-OH is 1. The molecule has 0 spiro atoms. The van der Waals surface area contributed by atoms with Crippen LogP contribution in [0.3, 0.4) is 0 Å². The molecule has 0 unspecified atom stereocenters. The largest absolute Gasteiger partial charge is 0.443 e. The first-order valence-corrected chi connectivity index (χ1v) is 5.02. The molecule has 0 rings (SSSR count). The maximum absolute atomic E-state index is 11.6. The number of nitrogens with zero attached hydrogens (tertiary/aromatic N) is 1. The topological polar surface area (TPSA) is 49.8 Å². The van der Waals surface area contributed by atoms with E-state index < -0.39 is 11.7 Å². The number of carbonyl (C=O) groups excluding carboxylic acids is 1. The van der Waals surface area contributed by atoms with Gasteiger partial charge in [-0.05, 0) is 34.6 Å². The van der Waals surface area contributed by atoms with Gasteiger partial charge in [-0.3, -0.25) is 4.90 Å². The smallest absolute Gasteiger partial charge is 0.414 e. The summed E-state index contributed by atoms with van der Waals surface area (Å²) in [5.41, 5.74) is 0.467. The van der Waals surface area contributed by atoms with E-state index in [1.807, 2.05) is 34.6 Å². The monoisotopic (exact) mass is 215 g/mol. The summed E-state index contributed by atoms with van der Waals surface area (Å²) in [6, 6.07) is 0. The van der Waals surface area contributed by atoms with Gasteiger partial charge in [0.25, 0.3) is 0 Å². The predicted octanol–water partition coefficient (Wildman–Crippen LogP) is 2.14. The van der Waals surface area contributed by atoms with E-state index in [2.05, 4.69) is 0 Å². The van der Waals surface area contributed by atoms with Crippen molar-refractivity contribution in [3.8, 4) is 0 Å². The maximum atomic E-state index is 11.6. The molecule has 0 saturated heterocycles. The number of ether oxygens (including phenoxy) is 1. The Bertz CT molecular complexity index is 237. The Hall–Kier alpha value is -1.03. The van der Waals surface area contributed by atoms with Crippen LogP contribution in [0.2, 0.25) is 0 Å². The number of hydrogen-bond donors (Lipinski definition) is 1. The van der Waals surface area contributed by atoms with Crippen molar-refractivity contribution in [2.45, 2.75) is 40.2 Å². The van der Waals surface area contributed by atoms with Crippen molar-refractivity contribution in [2.24, 2.45) is 0 Å². The van der Waals surface area contributed by atoms with Crippen molar-refractivity contribution in [3.05, 3.63) is 11.8 Å². The standard InChI is InChI=1S/C11H21NO3/c1-9(2)8-12(6-7-13)10(14)15-11(3,4)5/h8,13H,6-7H2,1-5H3. The highest BCUT2D eigenvalue weighted by Gasteiger charge is 2.20. The van der Waals surface area contributed by atoms with Gasteiger partial charge in [0.05, 0.1) is 13.2 Å². The molecule has 0 bridgehead atoms. The Morgan fingerprint density at radius 3 is 2.27 bits per heavy atom. The lowest BCUT2D eigenvalue weighted by molar-refractivity contribution is 0.0309. The van der Waals surface area contributed by atoms with E-state index >= 15 is 0 Å². The number of amides is 1. The Morgan fingerprint density at radius 2 is 1.93 bits per heavy atom. The normalized spacial score (nSPS) is 10.8. The highest BCUT2D eigenvalue weighted by molar-refractivity contribution is 5.69. The first-order valence-electron chi connectivity index (χ1n) is 5.02. The summed E-state index contributed by atoms with van der Waals surface area (Å²) in [5, 5.41) is 8.82. The Labute approximate surface area is 91.5 Å². The van der Waals surface area contributed by atoms with Crippen molar-refractivity contribution in [1.82, 2.24) is 4.90 Å². The molecule has 1 N–H and O–H groups in total. The molecular weight excluding hydrogens is 194 g/mol. The molecule has 15 heavy (non-hydrogen) atoms. The van der Waals surface area contributed by atoms with Crippen molar-refractivity contribution in [2.75, 3.05) is 13.2 Å². The molecule has 0 fully saturated rings. The van der Waals surface area contributed by atoms with Gasteiger partial charge >= 0.3 is 6.09 Å². The van der Waals surface area contributed by atoms with Crippen molar-refractivity contribution < 1.29 is 14.6 Å². The average Bonchev–Trinajstić information content (AvgIpc) is 1.99. The van der Waals surface area contributed by atoms with Gasteiger partial charge in [0.2, 0.25) is 0 Å². The van der Waals surface area contributed by atoms with Crippen LogP contribution in [0.15, 0.2) is 11.8 Å². The number of allylic oxidation sites excluding steroid dienone is 1.